The van der Waals surface area contributed by atoms with Crippen molar-refractivity contribution < 1.29 is 33.2 Å². The largest absolute Gasteiger partial charge is 0.496 e. The molecule has 0 aliphatic carbocycles. The van der Waals surface area contributed by atoms with Gasteiger partial charge in [0.05, 0.1) is 27.9 Å². The van der Waals surface area contributed by atoms with E-state index in [4.69, 9.17) is 14.2 Å². The van der Waals surface area contributed by atoms with Crippen LogP contribution in [0.5, 0.6) is 11.5 Å². The van der Waals surface area contributed by atoms with E-state index >= 15 is 0 Å². The third-order valence-electron chi connectivity index (χ3n) is 5.21. The summed E-state index contributed by atoms with van der Waals surface area (Å²) in [5, 5.41) is 2.68. The smallest absolute Gasteiger partial charge is 0.446 e. The summed E-state index contributed by atoms with van der Waals surface area (Å²) in [6, 6.07) is 4.24. The highest BCUT2D eigenvalue weighted by atomic mass is 16.5. The molecule has 3 rings (SSSR count). The number of hydrogen-bond donors (Lipinski definition) is 1. The Balaban J connectivity index is 1.85. The first-order valence-corrected chi connectivity index (χ1v) is 10.2. The van der Waals surface area contributed by atoms with Crippen molar-refractivity contribution in [2.24, 2.45) is 10.9 Å². The second-order valence-electron chi connectivity index (χ2n) is 7.11. The maximum absolute atomic E-state index is 13.3. The number of urea groups is 1. The molecular weight excluding hydrogens is 416 g/mol. The second-order valence-corrected chi connectivity index (χ2v) is 7.11. The van der Waals surface area contributed by atoms with Gasteiger partial charge in [-0.3, -0.25) is 9.59 Å². The van der Waals surface area contributed by atoms with Gasteiger partial charge >= 0.3 is 11.9 Å². The summed E-state index contributed by atoms with van der Waals surface area (Å²) in [6.07, 6.45) is 2.24. The normalized spacial score (nSPS) is 18.0. The van der Waals surface area contributed by atoms with Crippen LogP contribution in [0.1, 0.15) is 20.3 Å². The number of dihydropyridines is 1. The maximum Gasteiger partial charge on any atom is 0.446 e. The fourth-order valence-electron chi connectivity index (χ4n) is 3.62. The second kappa shape index (κ2) is 9.63. The molecular formula is C22H27N4O6+. The van der Waals surface area contributed by atoms with E-state index in [0.29, 0.717) is 36.0 Å². The lowest BCUT2D eigenvalue weighted by molar-refractivity contribution is -0.408. The minimum Gasteiger partial charge on any atom is -0.496 e. The number of rotatable bonds is 8. The van der Waals surface area contributed by atoms with Gasteiger partial charge in [-0.25, -0.2) is 4.79 Å². The summed E-state index contributed by atoms with van der Waals surface area (Å²) in [6.45, 7) is 3.66. The number of allylic oxidation sites excluding steroid dienone is 1. The summed E-state index contributed by atoms with van der Waals surface area (Å²) in [5.74, 6) is -0.243. The number of amides is 4. The SMILES string of the molecule is CCOC1=C(CC)C=NC2=[N+](C)C(=O)N(CC(=O)Nc3ccc(OC)c(OC)c3)C(=O)C12. The predicted molar refractivity (Wildman–Crippen MR) is 117 cm³/mol. The zero-order chi connectivity index (χ0) is 23.4. The van der Waals surface area contributed by atoms with Gasteiger partial charge in [0.2, 0.25) is 0 Å². The van der Waals surface area contributed by atoms with Gasteiger partial charge < -0.3 is 19.5 Å². The number of amidine groups is 1. The van der Waals surface area contributed by atoms with Gasteiger partial charge in [0.25, 0.3) is 11.7 Å². The zero-order valence-electron chi connectivity index (χ0n) is 18.8. The molecule has 32 heavy (non-hydrogen) atoms. The van der Waals surface area contributed by atoms with Crippen LogP contribution >= 0.6 is 0 Å². The standard InChI is InChI=1S/C22H26N4O6/c1-6-13-11-23-20-18(19(13)32-7-2)21(28)26(22(29)25(20)3)12-17(27)24-14-8-9-15(30-4)16(10-14)31-5/h8-11,18H,6-7,12H2,1-5H3/p+1. The summed E-state index contributed by atoms with van der Waals surface area (Å²) < 4.78 is 17.5. The topological polar surface area (TPSA) is 110 Å². The van der Waals surface area contributed by atoms with Gasteiger partial charge in [0.15, 0.2) is 24.0 Å². The number of aliphatic imine (C=N–C) groups is 1. The number of hydrogen-bond acceptors (Lipinski definition) is 7. The number of ether oxygens (including phenoxy) is 3. The molecule has 10 nitrogen and oxygen atoms in total. The number of fused-ring (bicyclic) bond motifs is 1. The molecule has 0 bridgehead atoms. The summed E-state index contributed by atoms with van der Waals surface area (Å²) in [4.78, 5) is 44.1. The van der Waals surface area contributed by atoms with E-state index in [2.05, 4.69) is 10.3 Å². The lowest BCUT2D eigenvalue weighted by Crippen LogP contribution is -2.56. The van der Waals surface area contributed by atoms with Crippen LogP contribution in [0.4, 0.5) is 10.5 Å². The highest BCUT2D eigenvalue weighted by molar-refractivity contribution is 6.17. The van der Waals surface area contributed by atoms with E-state index in [1.54, 1.807) is 24.4 Å². The molecule has 0 saturated heterocycles. The van der Waals surface area contributed by atoms with Crippen molar-refractivity contribution in [3.63, 3.8) is 0 Å². The summed E-state index contributed by atoms with van der Waals surface area (Å²) >= 11 is 0. The Morgan fingerprint density at radius 3 is 2.53 bits per heavy atom. The van der Waals surface area contributed by atoms with Crippen LogP contribution in [-0.2, 0) is 14.3 Å². The van der Waals surface area contributed by atoms with Crippen LogP contribution in [0.3, 0.4) is 0 Å². The Bertz CT molecular complexity index is 1040. The van der Waals surface area contributed by atoms with Crippen molar-refractivity contribution in [2.75, 3.05) is 39.7 Å². The van der Waals surface area contributed by atoms with Crippen LogP contribution in [-0.4, -0.2) is 73.8 Å². The van der Waals surface area contributed by atoms with Gasteiger partial charge in [-0.15, -0.1) is 4.99 Å². The van der Waals surface area contributed by atoms with E-state index < -0.39 is 30.3 Å². The number of carbonyl (C=O) groups excluding carboxylic acids is 3. The van der Waals surface area contributed by atoms with Crippen molar-refractivity contribution in [3.05, 3.63) is 29.5 Å². The number of carbonyl (C=O) groups is 3. The molecule has 4 amide bonds. The van der Waals surface area contributed by atoms with E-state index in [0.717, 1.165) is 10.5 Å². The Kier molecular flexibility index (Phi) is 6.92. The lowest BCUT2D eigenvalue weighted by Gasteiger charge is -2.29. The molecule has 2 aliphatic heterocycles. The highest BCUT2D eigenvalue weighted by Crippen LogP contribution is 2.31. The number of nitrogens with one attached hydrogen (secondary N) is 1. The maximum atomic E-state index is 13.3. The molecule has 1 aromatic carbocycles. The Labute approximate surface area is 186 Å². The molecule has 1 aromatic rings. The van der Waals surface area contributed by atoms with Gasteiger partial charge in [-0.05, 0) is 25.5 Å². The van der Waals surface area contributed by atoms with Gasteiger partial charge in [-0.2, -0.15) is 9.48 Å². The number of nitrogens with zero attached hydrogens (tertiary/aromatic N) is 3. The number of anilines is 1. The molecule has 0 saturated carbocycles. The summed E-state index contributed by atoms with van der Waals surface area (Å²) in [7, 11) is 4.52. The Morgan fingerprint density at radius 2 is 1.91 bits per heavy atom. The molecule has 1 N–H and O–H groups in total. The van der Waals surface area contributed by atoms with Crippen molar-refractivity contribution in [1.82, 2.24) is 4.90 Å². The van der Waals surface area contributed by atoms with Gasteiger partial charge in [0, 0.05) is 17.3 Å². The summed E-state index contributed by atoms with van der Waals surface area (Å²) in [5.41, 5.74) is 1.22. The fraction of sp³-hybridized carbons (Fsp3) is 0.409. The molecule has 0 radical (unpaired) electrons. The van der Waals surface area contributed by atoms with Crippen molar-refractivity contribution in [3.8, 4) is 11.5 Å². The average Bonchev–Trinajstić information content (AvgIpc) is 2.80. The van der Waals surface area contributed by atoms with Gasteiger partial charge in [-0.1, -0.05) is 6.92 Å². The van der Waals surface area contributed by atoms with Crippen molar-refractivity contribution in [1.29, 1.82) is 0 Å². The Morgan fingerprint density at radius 1 is 1.19 bits per heavy atom. The first-order chi connectivity index (χ1) is 15.4. The number of methoxy groups -OCH3 is 2. The van der Waals surface area contributed by atoms with E-state index in [1.807, 2.05) is 13.8 Å². The minimum absolute atomic E-state index is 0.289. The zero-order valence-corrected chi connectivity index (χ0v) is 18.8. The fourth-order valence-corrected chi connectivity index (χ4v) is 3.62. The van der Waals surface area contributed by atoms with Crippen LogP contribution in [0, 0.1) is 5.92 Å². The average molecular weight is 443 g/mol. The molecule has 1 unspecified atom stereocenters. The van der Waals surface area contributed by atoms with Crippen molar-refractivity contribution in [2.45, 2.75) is 20.3 Å². The molecule has 10 heteroatoms. The number of imide groups is 1. The first-order valence-electron chi connectivity index (χ1n) is 10.2. The molecule has 2 heterocycles. The molecule has 2 aliphatic rings. The van der Waals surface area contributed by atoms with Crippen LogP contribution < -0.4 is 14.8 Å². The van der Waals surface area contributed by atoms with Gasteiger partial charge in [0.1, 0.15) is 12.0 Å². The molecule has 0 aromatic heterocycles. The third-order valence-corrected chi connectivity index (χ3v) is 5.21. The lowest BCUT2D eigenvalue weighted by atomic mass is 9.94. The molecule has 0 fully saturated rings. The van der Waals surface area contributed by atoms with E-state index in [-0.39, 0.29) is 5.84 Å². The van der Waals surface area contributed by atoms with E-state index in [9.17, 15) is 14.4 Å². The molecule has 170 valence electrons. The first kappa shape index (κ1) is 23.0. The van der Waals surface area contributed by atoms with E-state index in [1.165, 1.54) is 25.8 Å². The molecule has 0 spiro atoms. The quantitative estimate of drug-likeness (QED) is 0.616. The monoisotopic (exact) mass is 443 g/mol. The third kappa shape index (κ3) is 4.20. The number of benzene rings is 1. The van der Waals surface area contributed by atoms with Crippen LogP contribution in [0.25, 0.3) is 0 Å². The predicted octanol–water partition coefficient (Wildman–Crippen LogP) is 2.05. The van der Waals surface area contributed by atoms with Crippen LogP contribution in [0.15, 0.2) is 34.5 Å². The molecule has 1 atom stereocenters. The minimum atomic E-state index is -0.869. The highest BCUT2D eigenvalue weighted by Gasteiger charge is 2.51. The van der Waals surface area contributed by atoms with Crippen LogP contribution in [0.2, 0.25) is 0 Å². The Hall–Kier alpha value is -3.69. The van der Waals surface area contributed by atoms with Crippen molar-refractivity contribution >= 4 is 35.6 Å².